The number of hydrogen-bond acceptors (Lipinski definition) is 5. The molecule has 0 spiro atoms. The van der Waals surface area contributed by atoms with E-state index in [4.69, 9.17) is 0 Å². The topological polar surface area (TPSA) is 66.9 Å². The standard InChI is InChI=1S/C9H16N4OS/c1-3-4-10-9(14)7(2)11-5-8-6-15-13-12-8/h6-7,11H,3-5H2,1-2H3,(H,10,14). The summed E-state index contributed by atoms with van der Waals surface area (Å²) in [6, 6.07) is -0.196. The molecule has 1 heterocycles. The van der Waals surface area contributed by atoms with Gasteiger partial charge in [-0.1, -0.05) is 11.4 Å². The number of nitrogens with zero attached hydrogens (tertiary/aromatic N) is 2. The molecule has 0 aliphatic carbocycles. The molecule has 0 aliphatic rings. The number of amides is 1. The molecule has 0 fully saturated rings. The molecular formula is C9H16N4OS. The third-order valence-electron chi connectivity index (χ3n) is 1.94. The van der Waals surface area contributed by atoms with Gasteiger partial charge in [-0.25, -0.2) is 0 Å². The van der Waals surface area contributed by atoms with Crippen molar-refractivity contribution in [3.8, 4) is 0 Å². The molecule has 15 heavy (non-hydrogen) atoms. The fourth-order valence-corrected chi connectivity index (χ4v) is 1.46. The maximum Gasteiger partial charge on any atom is 0.236 e. The van der Waals surface area contributed by atoms with Crippen LogP contribution in [-0.2, 0) is 11.3 Å². The SMILES string of the molecule is CCCNC(=O)C(C)NCc1csnn1. The van der Waals surface area contributed by atoms with Crippen molar-refractivity contribution in [2.45, 2.75) is 32.9 Å². The first-order valence-electron chi connectivity index (χ1n) is 5.01. The Balaban J connectivity index is 2.23. The van der Waals surface area contributed by atoms with Crippen LogP contribution in [0.1, 0.15) is 26.0 Å². The first kappa shape index (κ1) is 12.1. The minimum atomic E-state index is -0.196. The van der Waals surface area contributed by atoms with Crippen molar-refractivity contribution >= 4 is 17.4 Å². The van der Waals surface area contributed by atoms with Gasteiger partial charge in [0.25, 0.3) is 0 Å². The first-order valence-corrected chi connectivity index (χ1v) is 5.84. The zero-order valence-electron chi connectivity index (χ0n) is 8.99. The number of aromatic nitrogens is 2. The number of rotatable bonds is 6. The normalized spacial score (nSPS) is 12.4. The molecule has 1 rings (SSSR count). The maximum atomic E-state index is 11.5. The second-order valence-corrected chi connectivity index (χ2v) is 3.90. The van der Waals surface area contributed by atoms with E-state index in [0.29, 0.717) is 6.54 Å². The molecule has 0 aliphatic heterocycles. The summed E-state index contributed by atoms with van der Waals surface area (Å²) in [7, 11) is 0. The quantitative estimate of drug-likeness (QED) is 0.746. The lowest BCUT2D eigenvalue weighted by Gasteiger charge is -2.12. The van der Waals surface area contributed by atoms with Crippen molar-refractivity contribution < 1.29 is 4.79 Å². The van der Waals surface area contributed by atoms with Crippen molar-refractivity contribution in [2.24, 2.45) is 0 Å². The number of carbonyl (C=O) groups is 1. The molecule has 0 aromatic carbocycles. The van der Waals surface area contributed by atoms with Crippen LogP contribution in [0, 0.1) is 0 Å². The zero-order valence-corrected chi connectivity index (χ0v) is 9.80. The van der Waals surface area contributed by atoms with Gasteiger partial charge in [-0.15, -0.1) is 5.10 Å². The van der Waals surface area contributed by atoms with Gasteiger partial charge in [0.15, 0.2) is 0 Å². The Hall–Kier alpha value is -1.01. The Morgan fingerprint density at radius 3 is 3.07 bits per heavy atom. The number of hydrogen-bond donors (Lipinski definition) is 2. The summed E-state index contributed by atoms with van der Waals surface area (Å²) < 4.78 is 3.75. The molecule has 0 bridgehead atoms. The molecule has 1 atom stereocenters. The molecule has 0 radical (unpaired) electrons. The molecule has 84 valence electrons. The molecule has 2 N–H and O–H groups in total. The van der Waals surface area contributed by atoms with Crippen LogP contribution in [0.2, 0.25) is 0 Å². The van der Waals surface area contributed by atoms with E-state index in [1.807, 2.05) is 19.2 Å². The van der Waals surface area contributed by atoms with Gasteiger partial charge in [-0.2, -0.15) is 0 Å². The lowest BCUT2D eigenvalue weighted by Crippen LogP contribution is -2.42. The van der Waals surface area contributed by atoms with Crippen LogP contribution in [0.3, 0.4) is 0 Å². The summed E-state index contributed by atoms with van der Waals surface area (Å²) >= 11 is 1.31. The third kappa shape index (κ3) is 4.35. The third-order valence-corrected chi connectivity index (χ3v) is 2.49. The predicted octanol–water partition coefficient (Wildman–Crippen LogP) is 0.542. The Morgan fingerprint density at radius 1 is 1.67 bits per heavy atom. The van der Waals surface area contributed by atoms with Crippen LogP contribution in [0.15, 0.2) is 5.38 Å². The smallest absolute Gasteiger partial charge is 0.236 e. The van der Waals surface area contributed by atoms with E-state index in [0.717, 1.165) is 18.7 Å². The fourth-order valence-electron chi connectivity index (χ4n) is 1.01. The van der Waals surface area contributed by atoms with Gasteiger partial charge in [0.1, 0.15) is 0 Å². The van der Waals surface area contributed by atoms with Crippen molar-refractivity contribution in [3.63, 3.8) is 0 Å². The monoisotopic (exact) mass is 228 g/mol. The number of carbonyl (C=O) groups excluding carboxylic acids is 1. The summed E-state index contributed by atoms with van der Waals surface area (Å²) in [6.45, 7) is 5.17. The van der Waals surface area contributed by atoms with Crippen LogP contribution in [0.4, 0.5) is 0 Å². The Bertz CT molecular complexity index is 288. The molecule has 5 nitrogen and oxygen atoms in total. The minimum Gasteiger partial charge on any atom is -0.355 e. The van der Waals surface area contributed by atoms with Crippen molar-refractivity contribution in [3.05, 3.63) is 11.1 Å². The molecule has 1 amide bonds. The zero-order chi connectivity index (χ0) is 11.1. The molecule has 1 unspecified atom stereocenters. The Labute approximate surface area is 93.4 Å². The van der Waals surface area contributed by atoms with Gasteiger partial charge in [0.2, 0.25) is 5.91 Å². The van der Waals surface area contributed by atoms with Crippen molar-refractivity contribution in [2.75, 3.05) is 6.54 Å². The summed E-state index contributed by atoms with van der Waals surface area (Å²) in [5.41, 5.74) is 0.871. The first-order chi connectivity index (χ1) is 7.24. The summed E-state index contributed by atoms with van der Waals surface area (Å²) in [4.78, 5) is 11.5. The maximum absolute atomic E-state index is 11.5. The molecule has 0 saturated heterocycles. The van der Waals surface area contributed by atoms with E-state index in [-0.39, 0.29) is 11.9 Å². The molecule has 6 heteroatoms. The Kier molecular flexibility index (Phi) is 5.20. The summed E-state index contributed by atoms with van der Waals surface area (Å²) in [5, 5.41) is 11.7. The summed E-state index contributed by atoms with van der Waals surface area (Å²) in [6.07, 6.45) is 0.953. The highest BCUT2D eigenvalue weighted by molar-refractivity contribution is 7.03. The van der Waals surface area contributed by atoms with Gasteiger partial charge in [0.05, 0.1) is 11.7 Å². The van der Waals surface area contributed by atoms with Gasteiger partial charge >= 0.3 is 0 Å². The van der Waals surface area contributed by atoms with E-state index in [1.165, 1.54) is 11.5 Å². The molecule has 1 aromatic heterocycles. The molecule has 1 aromatic rings. The lowest BCUT2D eigenvalue weighted by molar-refractivity contribution is -0.122. The lowest BCUT2D eigenvalue weighted by atomic mass is 10.3. The average molecular weight is 228 g/mol. The van der Waals surface area contributed by atoms with Crippen molar-refractivity contribution in [1.29, 1.82) is 0 Å². The van der Waals surface area contributed by atoms with Crippen LogP contribution in [0.5, 0.6) is 0 Å². The molecular weight excluding hydrogens is 212 g/mol. The average Bonchev–Trinajstić information content (AvgIpc) is 2.75. The largest absolute Gasteiger partial charge is 0.355 e. The minimum absolute atomic E-state index is 0.0278. The Morgan fingerprint density at radius 2 is 2.47 bits per heavy atom. The molecule has 0 saturated carbocycles. The predicted molar refractivity (Wildman–Crippen MR) is 59.5 cm³/mol. The van der Waals surface area contributed by atoms with Crippen LogP contribution in [0.25, 0.3) is 0 Å². The van der Waals surface area contributed by atoms with Crippen LogP contribution in [-0.4, -0.2) is 28.1 Å². The highest BCUT2D eigenvalue weighted by Crippen LogP contribution is 1.96. The van der Waals surface area contributed by atoms with Crippen molar-refractivity contribution in [1.82, 2.24) is 20.2 Å². The fraction of sp³-hybridized carbons (Fsp3) is 0.667. The highest BCUT2D eigenvalue weighted by Gasteiger charge is 2.11. The van der Waals surface area contributed by atoms with E-state index in [2.05, 4.69) is 20.2 Å². The van der Waals surface area contributed by atoms with Gasteiger partial charge in [-0.05, 0) is 24.9 Å². The van der Waals surface area contributed by atoms with Gasteiger partial charge in [-0.3, -0.25) is 4.79 Å². The van der Waals surface area contributed by atoms with E-state index in [1.54, 1.807) is 0 Å². The second kappa shape index (κ2) is 6.47. The van der Waals surface area contributed by atoms with E-state index >= 15 is 0 Å². The van der Waals surface area contributed by atoms with E-state index in [9.17, 15) is 4.79 Å². The highest BCUT2D eigenvalue weighted by atomic mass is 32.1. The van der Waals surface area contributed by atoms with Crippen LogP contribution < -0.4 is 10.6 Å². The number of nitrogens with one attached hydrogen (secondary N) is 2. The van der Waals surface area contributed by atoms with Gasteiger partial charge in [0, 0.05) is 18.5 Å². The van der Waals surface area contributed by atoms with E-state index < -0.39 is 0 Å². The van der Waals surface area contributed by atoms with Gasteiger partial charge < -0.3 is 10.6 Å². The summed E-state index contributed by atoms with van der Waals surface area (Å²) in [5.74, 6) is 0.0278. The van der Waals surface area contributed by atoms with Crippen LogP contribution >= 0.6 is 11.5 Å². The second-order valence-electron chi connectivity index (χ2n) is 3.29.